The fraction of sp³-hybridized carbons (Fsp3) is 0.350. The van der Waals surface area contributed by atoms with Gasteiger partial charge in [0.25, 0.3) is 11.6 Å². The van der Waals surface area contributed by atoms with Gasteiger partial charge in [0.15, 0.2) is 0 Å². The van der Waals surface area contributed by atoms with Crippen molar-refractivity contribution >= 4 is 11.6 Å². The molecule has 0 aromatic heterocycles. The van der Waals surface area contributed by atoms with Crippen molar-refractivity contribution in [1.82, 2.24) is 5.32 Å². The Labute approximate surface area is 147 Å². The van der Waals surface area contributed by atoms with Crippen LogP contribution in [0, 0.1) is 10.1 Å². The van der Waals surface area contributed by atoms with Gasteiger partial charge in [0.2, 0.25) is 0 Å². The van der Waals surface area contributed by atoms with Crippen LogP contribution in [0.25, 0.3) is 0 Å². The molecule has 5 heteroatoms. The third-order valence-corrected chi connectivity index (χ3v) is 4.83. The van der Waals surface area contributed by atoms with Crippen molar-refractivity contribution in [2.75, 3.05) is 0 Å². The lowest BCUT2D eigenvalue weighted by molar-refractivity contribution is -0.384. The molecule has 2 aromatic carbocycles. The standard InChI is InChI=1S/C20H22N2O3/c1-2-19(17-8-7-14-5-3-4-6-16(14)13-17)21-20(23)15-9-11-18(12-10-15)22(24)25/h7-13,19H,2-6H2,1H3,(H,21,23)/t19-/m0/s1. The number of nitrogens with zero attached hydrogens (tertiary/aromatic N) is 1. The average Bonchev–Trinajstić information content (AvgIpc) is 2.65. The second-order valence-corrected chi connectivity index (χ2v) is 6.47. The molecular weight excluding hydrogens is 316 g/mol. The van der Waals surface area contributed by atoms with E-state index < -0.39 is 4.92 Å². The Kier molecular flexibility index (Phi) is 5.12. The van der Waals surface area contributed by atoms with Crippen LogP contribution in [0.2, 0.25) is 0 Å². The fourth-order valence-corrected chi connectivity index (χ4v) is 3.37. The van der Waals surface area contributed by atoms with Gasteiger partial charge in [-0.2, -0.15) is 0 Å². The maximum Gasteiger partial charge on any atom is 0.269 e. The van der Waals surface area contributed by atoms with Crippen molar-refractivity contribution in [3.63, 3.8) is 0 Å². The maximum atomic E-state index is 12.5. The number of nitrogens with one attached hydrogen (secondary N) is 1. The van der Waals surface area contributed by atoms with Crippen molar-refractivity contribution in [2.24, 2.45) is 0 Å². The number of benzene rings is 2. The van der Waals surface area contributed by atoms with E-state index in [1.54, 1.807) is 0 Å². The minimum absolute atomic E-state index is 0.0155. The number of hydrogen-bond acceptors (Lipinski definition) is 3. The number of fused-ring (bicyclic) bond motifs is 1. The van der Waals surface area contributed by atoms with E-state index in [9.17, 15) is 14.9 Å². The van der Waals surface area contributed by atoms with Gasteiger partial charge in [-0.25, -0.2) is 0 Å². The summed E-state index contributed by atoms with van der Waals surface area (Å²) in [5.41, 5.74) is 4.36. The molecule has 1 amide bonds. The molecule has 0 fully saturated rings. The molecule has 130 valence electrons. The number of nitro benzene ring substituents is 1. The van der Waals surface area contributed by atoms with Gasteiger partial charge < -0.3 is 5.32 Å². The van der Waals surface area contributed by atoms with Crippen LogP contribution in [0.4, 0.5) is 5.69 Å². The highest BCUT2D eigenvalue weighted by Crippen LogP contribution is 2.26. The Morgan fingerprint density at radius 2 is 1.80 bits per heavy atom. The van der Waals surface area contributed by atoms with Crippen LogP contribution in [0.1, 0.15) is 59.3 Å². The zero-order chi connectivity index (χ0) is 17.8. The number of non-ortho nitro benzene ring substituents is 1. The highest BCUT2D eigenvalue weighted by atomic mass is 16.6. The largest absolute Gasteiger partial charge is 0.345 e. The van der Waals surface area contributed by atoms with Crippen LogP contribution >= 0.6 is 0 Å². The molecule has 0 radical (unpaired) electrons. The highest BCUT2D eigenvalue weighted by Gasteiger charge is 2.17. The summed E-state index contributed by atoms with van der Waals surface area (Å²) >= 11 is 0. The quantitative estimate of drug-likeness (QED) is 0.650. The van der Waals surface area contributed by atoms with E-state index in [4.69, 9.17) is 0 Å². The molecule has 1 atom stereocenters. The summed E-state index contributed by atoms with van der Waals surface area (Å²) in [6, 6.07) is 12.1. The zero-order valence-corrected chi connectivity index (χ0v) is 14.3. The Bertz CT molecular complexity index is 784. The molecule has 0 bridgehead atoms. The van der Waals surface area contributed by atoms with E-state index in [0.717, 1.165) is 24.8 Å². The number of carbonyl (C=O) groups excluding carboxylic acids is 1. The van der Waals surface area contributed by atoms with Crippen LogP contribution in [0.5, 0.6) is 0 Å². The minimum Gasteiger partial charge on any atom is -0.345 e. The first-order chi connectivity index (χ1) is 12.1. The van der Waals surface area contributed by atoms with Gasteiger partial charge >= 0.3 is 0 Å². The fourth-order valence-electron chi connectivity index (χ4n) is 3.37. The van der Waals surface area contributed by atoms with Crippen LogP contribution < -0.4 is 5.32 Å². The summed E-state index contributed by atoms with van der Waals surface area (Å²) in [4.78, 5) is 22.7. The summed E-state index contributed by atoms with van der Waals surface area (Å²) in [6.07, 6.45) is 5.51. The summed E-state index contributed by atoms with van der Waals surface area (Å²) in [5, 5.41) is 13.8. The Morgan fingerprint density at radius 1 is 1.12 bits per heavy atom. The Hall–Kier alpha value is -2.69. The van der Waals surface area contributed by atoms with E-state index in [1.807, 2.05) is 6.92 Å². The smallest absolute Gasteiger partial charge is 0.269 e. The molecular formula is C20H22N2O3. The molecule has 1 N–H and O–H groups in total. The number of carbonyl (C=O) groups is 1. The summed E-state index contributed by atoms with van der Waals surface area (Å²) < 4.78 is 0. The molecule has 2 aromatic rings. The average molecular weight is 338 g/mol. The molecule has 5 nitrogen and oxygen atoms in total. The van der Waals surface area contributed by atoms with E-state index >= 15 is 0 Å². The number of amides is 1. The Morgan fingerprint density at radius 3 is 2.44 bits per heavy atom. The highest BCUT2D eigenvalue weighted by molar-refractivity contribution is 5.94. The van der Waals surface area contributed by atoms with Crippen LogP contribution in [0.15, 0.2) is 42.5 Å². The van der Waals surface area contributed by atoms with E-state index in [0.29, 0.717) is 5.56 Å². The lowest BCUT2D eigenvalue weighted by Crippen LogP contribution is -2.28. The van der Waals surface area contributed by atoms with E-state index in [1.165, 1.54) is 48.2 Å². The minimum atomic E-state index is -0.469. The molecule has 0 unspecified atom stereocenters. The first kappa shape index (κ1) is 17.1. The molecule has 0 saturated heterocycles. The van der Waals surface area contributed by atoms with Crippen molar-refractivity contribution < 1.29 is 9.72 Å². The van der Waals surface area contributed by atoms with Crippen molar-refractivity contribution in [2.45, 2.75) is 45.1 Å². The predicted octanol–water partition coefficient (Wildman–Crippen LogP) is 4.35. The maximum absolute atomic E-state index is 12.5. The van der Waals surface area contributed by atoms with Crippen molar-refractivity contribution in [3.05, 3.63) is 74.8 Å². The molecule has 3 rings (SSSR count). The number of nitro groups is 1. The zero-order valence-electron chi connectivity index (χ0n) is 14.3. The van der Waals surface area contributed by atoms with Crippen molar-refractivity contribution in [3.8, 4) is 0 Å². The monoisotopic (exact) mass is 338 g/mol. The predicted molar refractivity (Wildman–Crippen MR) is 96.7 cm³/mol. The molecule has 25 heavy (non-hydrogen) atoms. The van der Waals surface area contributed by atoms with Gasteiger partial charge in [-0.1, -0.05) is 25.1 Å². The van der Waals surface area contributed by atoms with Gasteiger partial charge in [0.05, 0.1) is 11.0 Å². The van der Waals surface area contributed by atoms with Gasteiger partial charge in [-0.05, 0) is 60.9 Å². The number of aryl methyl sites for hydroxylation is 2. The van der Waals surface area contributed by atoms with Crippen LogP contribution in [-0.4, -0.2) is 10.8 Å². The third-order valence-electron chi connectivity index (χ3n) is 4.83. The lowest BCUT2D eigenvalue weighted by Gasteiger charge is -2.21. The molecule has 1 aliphatic carbocycles. The van der Waals surface area contributed by atoms with Gasteiger partial charge in [0.1, 0.15) is 0 Å². The molecule has 0 spiro atoms. The summed E-state index contributed by atoms with van der Waals surface area (Å²) in [6.45, 7) is 2.04. The molecule has 1 aliphatic rings. The SMILES string of the molecule is CC[C@H](NC(=O)c1ccc([N+](=O)[O-])cc1)c1ccc2c(c1)CCCC2. The first-order valence-electron chi connectivity index (χ1n) is 8.75. The topological polar surface area (TPSA) is 72.2 Å². The lowest BCUT2D eigenvalue weighted by atomic mass is 9.88. The third kappa shape index (κ3) is 3.87. The van der Waals surface area contributed by atoms with Gasteiger partial charge in [-0.3, -0.25) is 14.9 Å². The molecule has 0 heterocycles. The van der Waals surface area contributed by atoms with Crippen molar-refractivity contribution in [1.29, 1.82) is 0 Å². The van der Waals surface area contributed by atoms with Crippen LogP contribution in [0.3, 0.4) is 0 Å². The van der Waals surface area contributed by atoms with Gasteiger partial charge in [-0.15, -0.1) is 0 Å². The summed E-state index contributed by atoms with van der Waals surface area (Å²) in [5.74, 6) is -0.209. The molecule has 0 aliphatic heterocycles. The van der Waals surface area contributed by atoms with E-state index in [-0.39, 0.29) is 17.6 Å². The van der Waals surface area contributed by atoms with Gasteiger partial charge in [0, 0.05) is 17.7 Å². The van der Waals surface area contributed by atoms with Crippen LogP contribution in [-0.2, 0) is 12.8 Å². The summed E-state index contributed by atoms with van der Waals surface area (Å²) in [7, 11) is 0. The number of hydrogen-bond donors (Lipinski definition) is 1. The molecule has 0 saturated carbocycles. The second-order valence-electron chi connectivity index (χ2n) is 6.47. The Balaban J connectivity index is 1.75. The first-order valence-corrected chi connectivity index (χ1v) is 8.75. The second kappa shape index (κ2) is 7.47. The van der Waals surface area contributed by atoms with E-state index in [2.05, 4.69) is 23.5 Å². The number of rotatable bonds is 5. The normalized spacial score (nSPS) is 14.4.